The summed E-state index contributed by atoms with van der Waals surface area (Å²) in [5.74, 6) is -2.01. The van der Waals surface area contributed by atoms with Gasteiger partial charge in [-0.1, -0.05) is 12.1 Å². The number of thiophene rings is 1. The van der Waals surface area contributed by atoms with Gasteiger partial charge in [0.05, 0.1) is 10.8 Å². The van der Waals surface area contributed by atoms with E-state index in [-0.39, 0.29) is 5.76 Å². The summed E-state index contributed by atoms with van der Waals surface area (Å²) in [7, 11) is 0. The maximum absolute atomic E-state index is 15.8. The van der Waals surface area contributed by atoms with Crippen LogP contribution in [0.3, 0.4) is 0 Å². The van der Waals surface area contributed by atoms with E-state index < -0.39 is 23.2 Å². The second-order valence-corrected chi connectivity index (χ2v) is 8.71. The van der Waals surface area contributed by atoms with Crippen LogP contribution in [0.1, 0.15) is 56.4 Å². The number of halogens is 3. The fourth-order valence-electron chi connectivity index (χ4n) is 3.93. The standard InChI is InChI=1S/C22H21F3OS/c1-11-9-12(2)22(3,25)18(19(11)24)17-15-8-7-14(23)10-16(15)27-21(17)20(26)13-5-4-6-13/h7-10,18,26H,4-6H2,1-3H3. The fraction of sp³-hybridized carbons (Fsp3) is 0.364. The molecule has 0 amide bonds. The lowest BCUT2D eigenvalue weighted by Crippen LogP contribution is -2.33. The molecule has 1 aromatic heterocycles. The number of fused-ring (bicyclic) bond motifs is 1. The summed E-state index contributed by atoms with van der Waals surface area (Å²) in [5, 5.41) is 11.4. The molecule has 0 saturated heterocycles. The first-order chi connectivity index (χ1) is 12.7. The average molecular weight is 390 g/mol. The molecule has 1 N–H and O–H groups in total. The Morgan fingerprint density at radius 3 is 2.56 bits per heavy atom. The van der Waals surface area contributed by atoms with E-state index in [0.717, 1.165) is 24.8 Å². The number of hydrogen-bond donors (Lipinski definition) is 1. The maximum atomic E-state index is 15.8. The van der Waals surface area contributed by atoms with Crippen molar-refractivity contribution in [1.82, 2.24) is 0 Å². The number of aliphatic hydroxyl groups excluding tert-OH is 1. The highest BCUT2D eigenvalue weighted by Crippen LogP contribution is 2.53. The Morgan fingerprint density at radius 2 is 1.93 bits per heavy atom. The Bertz CT molecular complexity index is 1030. The van der Waals surface area contributed by atoms with Gasteiger partial charge in [-0.2, -0.15) is 0 Å². The SMILES string of the molecule is CC1=CC(C)=C(F)C(c2c(C(O)=C3CCC3)sc3cc(F)ccc23)C1(C)F. The smallest absolute Gasteiger partial charge is 0.142 e. The highest BCUT2D eigenvalue weighted by Gasteiger charge is 2.46. The van der Waals surface area contributed by atoms with Crippen molar-refractivity contribution in [2.75, 3.05) is 0 Å². The molecule has 1 aromatic carbocycles. The molecule has 4 rings (SSSR count). The van der Waals surface area contributed by atoms with Gasteiger partial charge in [-0.3, -0.25) is 0 Å². The van der Waals surface area contributed by atoms with Crippen molar-refractivity contribution in [2.45, 2.75) is 51.6 Å². The largest absolute Gasteiger partial charge is 0.507 e. The lowest BCUT2D eigenvalue weighted by Gasteiger charge is -2.35. The third-order valence-electron chi connectivity index (χ3n) is 5.86. The lowest BCUT2D eigenvalue weighted by molar-refractivity contribution is 0.190. The molecule has 2 aliphatic carbocycles. The molecule has 1 heterocycles. The number of rotatable bonds is 2. The van der Waals surface area contributed by atoms with Crippen LogP contribution in [0, 0.1) is 5.82 Å². The number of allylic oxidation sites excluding steroid dienone is 5. The van der Waals surface area contributed by atoms with Crippen molar-refractivity contribution >= 4 is 27.2 Å². The van der Waals surface area contributed by atoms with Crippen LogP contribution in [0.15, 0.2) is 46.8 Å². The van der Waals surface area contributed by atoms with E-state index >= 15 is 8.78 Å². The van der Waals surface area contributed by atoms with Crippen LogP contribution in [0.4, 0.5) is 13.2 Å². The first-order valence-corrected chi connectivity index (χ1v) is 9.90. The van der Waals surface area contributed by atoms with Crippen LogP contribution in [-0.2, 0) is 0 Å². The van der Waals surface area contributed by atoms with Crippen LogP contribution >= 0.6 is 11.3 Å². The molecule has 1 nitrogen and oxygen atoms in total. The van der Waals surface area contributed by atoms with Crippen LogP contribution in [0.2, 0.25) is 0 Å². The molecule has 0 spiro atoms. The predicted molar refractivity (Wildman–Crippen MR) is 105 cm³/mol. The summed E-state index contributed by atoms with van der Waals surface area (Å²) < 4.78 is 45.4. The first-order valence-electron chi connectivity index (χ1n) is 9.09. The van der Waals surface area contributed by atoms with Gasteiger partial charge in [-0.05, 0) is 79.8 Å². The minimum absolute atomic E-state index is 0.103. The number of hydrogen-bond acceptors (Lipinski definition) is 2. The van der Waals surface area contributed by atoms with Crippen molar-refractivity contribution in [2.24, 2.45) is 0 Å². The van der Waals surface area contributed by atoms with E-state index in [1.165, 1.54) is 36.5 Å². The summed E-state index contributed by atoms with van der Waals surface area (Å²) >= 11 is 1.20. The Balaban J connectivity index is 2.04. The lowest BCUT2D eigenvalue weighted by atomic mass is 9.73. The minimum atomic E-state index is -1.94. The van der Waals surface area contributed by atoms with E-state index in [2.05, 4.69) is 0 Å². The Labute approximate surface area is 160 Å². The molecule has 0 radical (unpaired) electrons. The molecule has 1 saturated carbocycles. The van der Waals surface area contributed by atoms with Crippen LogP contribution in [0.25, 0.3) is 15.8 Å². The Kier molecular flexibility index (Phi) is 4.26. The molecular weight excluding hydrogens is 369 g/mol. The normalized spacial score (nSPS) is 25.6. The molecule has 1 fully saturated rings. The number of aliphatic hydroxyl groups is 1. The zero-order valence-corrected chi connectivity index (χ0v) is 16.3. The van der Waals surface area contributed by atoms with Gasteiger partial charge in [0, 0.05) is 4.70 Å². The quantitative estimate of drug-likeness (QED) is 0.526. The van der Waals surface area contributed by atoms with Crippen LogP contribution < -0.4 is 0 Å². The molecule has 0 bridgehead atoms. The molecule has 2 unspecified atom stereocenters. The predicted octanol–water partition coefficient (Wildman–Crippen LogP) is 7.51. The highest BCUT2D eigenvalue weighted by molar-refractivity contribution is 7.20. The van der Waals surface area contributed by atoms with Crippen molar-refractivity contribution in [3.63, 3.8) is 0 Å². The maximum Gasteiger partial charge on any atom is 0.142 e. The van der Waals surface area contributed by atoms with Crippen molar-refractivity contribution < 1.29 is 18.3 Å². The van der Waals surface area contributed by atoms with Crippen molar-refractivity contribution in [1.29, 1.82) is 0 Å². The van der Waals surface area contributed by atoms with Gasteiger partial charge in [-0.15, -0.1) is 11.3 Å². The second kappa shape index (κ2) is 6.26. The van der Waals surface area contributed by atoms with E-state index in [1.807, 2.05) is 0 Å². The highest BCUT2D eigenvalue weighted by atomic mass is 32.1. The molecule has 2 aromatic rings. The monoisotopic (exact) mass is 390 g/mol. The number of benzene rings is 1. The molecule has 27 heavy (non-hydrogen) atoms. The molecular formula is C22H21F3OS. The minimum Gasteiger partial charge on any atom is -0.507 e. The second-order valence-electron chi connectivity index (χ2n) is 7.66. The van der Waals surface area contributed by atoms with E-state index in [9.17, 15) is 9.50 Å². The van der Waals surface area contributed by atoms with Gasteiger partial charge < -0.3 is 5.11 Å². The van der Waals surface area contributed by atoms with Gasteiger partial charge >= 0.3 is 0 Å². The molecule has 5 heteroatoms. The van der Waals surface area contributed by atoms with E-state index in [0.29, 0.717) is 31.7 Å². The first kappa shape index (κ1) is 18.4. The molecule has 142 valence electrons. The van der Waals surface area contributed by atoms with Gasteiger partial charge in [0.15, 0.2) is 0 Å². The van der Waals surface area contributed by atoms with Crippen molar-refractivity contribution in [3.05, 3.63) is 63.1 Å². The zero-order chi connectivity index (χ0) is 19.5. The molecule has 2 atom stereocenters. The van der Waals surface area contributed by atoms with Gasteiger partial charge in [-0.25, -0.2) is 13.2 Å². The third kappa shape index (κ3) is 2.75. The summed E-state index contributed by atoms with van der Waals surface area (Å²) in [4.78, 5) is 0.455. The summed E-state index contributed by atoms with van der Waals surface area (Å²) in [6.07, 6.45) is 4.08. The van der Waals surface area contributed by atoms with Gasteiger partial charge in [0.2, 0.25) is 0 Å². The summed E-state index contributed by atoms with van der Waals surface area (Å²) in [5.41, 5.74) is 0.199. The molecule has 2 aliphatic rings. The Morgan fingerprint density at radius 1 is 1.22 bits per heavy atom. The van der Waals surface area contributed by atoms with Gasteiger partial charge in [0.1, 0.15) is 23.1 Å². The van der Waals surface area contributed by atoms with Crippen molar-refractivity contribution in [3.8, 4) is 0 Å². The van der Waals surface area contributed by atoms with Crippen LogP contribution in [-0.4, -0.2) is 10.8 Å². The topological polar surface area (TPSA) is 20.2 Å². The number of alkyl halides is 1. The zero-order valence-electron chi connectivity index (χ0n) is 15.5. The Hall–Kier alpha value is -2.01. The molecule has 0 aliphatic heterocycles. The average Bonchev–Trinajstić information content (AvgIpc) is 2.90. The summed E-state index contributed by atoms with van der Waals surface area (Å²) in [6.45, 7) is 4.65. The third-order valence-corrected chi connectivity index (χ3v) is 7.04. The van der Waals surface area contributed by atoms with Gasteiger partial charge in [0.25, 0.3) is 0 Å². The van der Waals surface area contributed by atoms with E-state index in [1.54, 1.807) is 19.9 Å². The summed E-state index contributed by atoms with van der Waals surface area (Å²) in [6, 6.07) is 4.22. The van der Waals surface area contributed by atoms with E-state index in [4.69, 9.17) is 0 Å². The fourth-order valence-corrected chi connectivity index (χ4v) is 5.19. The van der Waals surface area contributed by atoms with Crippen LogP contribution in [0.5, 0.6) is 0 Å².